The Morgan fingerprint density at radius 2 is 2.25 bits per heavy atom. The van der Waals surface area contributed by atoms with Gasteiger partial charge in [0.1, 0.15) is 19.0 Å². The molecular formula is C9H10N2O. The van der Waals surface area contributed by atoms with Gasteiger partial charge in [0.05, 0.1) is 5.52 Å². The van der Waals surface area contributed by atoms with E-state index in [9.17, 15) is 0 Å². The minimum Gasteiger partial charge on any atom is -0.416 e. The maximum Gasteiger partial charge on any atom is 0.133 e. The van der Waals surface area contributed by atoms with Crippen LogP contribution in [0.3, 0.4) is 0 Å². The van der Waals surface area contributed by atoms with Crippen molar-refractivity contribution in [3.8, 4) is 0 Å². The van der Waals surface area contributed by atoms with Crippen molar-refractivity contribution in [3.05, 3.63) is 30.1 Å². The lowest BCUT2D eigenvalue weighted by Gasteiger charge is -1.99. The molecule has 1 aromatic carbocycles. The van der Waals surface area contributed by atoms with Crippen LogP contribution in [-0.4, -0.2) is 16.8 Å². The molecule has 0 unspecified atom stereocenters. The number of rotatable bonds is 1. The fourth-order valence-electron chi connectivity index (χ4n) is 1.31. The van der Waals surface area contributed by atoms with Gasteiger partial charge in [-0.25, -0.2) is 4.98 Å². The summed E-state index contributed by atoms with van der Waals surface area (Å²) in [5.41, 5.74) is 3.18. The normalized spacial score (nSPS) is 10.5. The summed E-state index contributed by atoms with van der Waals surface area (Å²) in [6.07, 6.45) is 1.68. The summed E-state index contributed by atoms with van der Waals surface area (Å²) in [5.74, 6) is 0. The number of fused-ring (bicyclic) bond motifs is 1. The second kappa shape index (κ2) is 2.52. The van der Waals surface area contributed by atoms with Crippen LogP contribution in [0.15, 0.2) is 24.5 Å². The lowest BCUT2D eigenvalue weighted by atomic mass is 10.2. The molecule has 0 fully saturated rings. The van der Waals surface area contributed by atoms with Crippen molar-refractivity contribution in [2.45, 2.75) is 6.92 Å². The SMILES string of the molecule is COn1cnc2c(C)cccc21. The summed E-state index contributed by atoms with van der Waals surface area (Å²) >= 11 is 0. The minimum absolute atomic E-state index is 0.999. The highest BCUT2D eigenvalue weighted by atomic mass is 16.6. The van der Waals surface area contributed by atoms with Gasteiger partial charge in [-0.1, -0.05) is 12.1 Å². The van der Waals surface area contributed by atoms with E-state index in [4.69, 9.17) is 4.84 Å². The van der Waals surface area contributed by atoms with Gasteiger partial charge in [-0.2, -0.15) is 4.73 Å². The molecule has 0 saturated heterocycles. The molecule has 0 saturated carbocycles. The number of benzene rings is 1. The molecule has 0 spiro atoms. The van der Waals surface area contributed by atoms with Crippen LogP contribution >= 0.6 is 0 Å². The van der Waals surface area contributed by atoms with Gasteiger partial charge < -0.3 is 4.84 Å². The number of hydrogen-bond donors (Lipinski definition) is 0. The van der Waals surface area contributed by atoms with Gasteiger partial charge >= 0.3 is 0 Å². The third kappa shape index (κ3) is 0.863. The second-order valence-electron chi connectivity index (χ2n) is 2.70. The molecule has 2 aromatic rings. The third-order valence-electron chi connectivity index (χ3n) is 1.94. The summed E-state index contributed by atoms with van der Waals surface area (Å²) in [7, 11) is 1.63. The van der Waals surface area contributed by atoms with Gasteiger partial charge in [0.15, 0.2) is 0 Å². The molecule has 0 N–H and O–H groups in total. The first-order valence-electron chi connectivity index (χ1n) is 3.80. The summed E-state index contributed by atoms with van der Waals surface area (Å²) < 4.78 is 1.66. The van der Waals surface area contributed by atoms with Crippen molar-refractivity contribution in [3.63, 3.8) is 0 Å². The number of aryl methyl sites for hydroxylation is 1. The maximum atomic E-state index is 5.08. The van der Waals surface area contributed by atoms with Crippen LogP contribution in [-0.2, 0) is 0 Å². The van der Waals surface area contributed by atoms with E-state index in [0.29, 0.717) is 0 Å². The Morgan fingerprint density at radius 1 is 1.42 bits per heavy atom. The Balaban J connectivity index is 2.80. The predicted octanol–water partition coefficient (Wildman–Crippen LogP) is 1.40. The molecule has 0 radical (unpaired) electrons. The van der Waals surface area contributed by atoms with Crippen LogP contribution in [0.25, 0.3) is 11.0 Å². The van der Waals surface area contributed by atoms with E-state index in [1.807, 2.05) is 25.1 Å². The van der Waals surface area contributed by atoms with Crippen LogP contribution in [0.5, 0.6) is 0 Å². The van der Waals surface area contributed by atoms with Gasteiger partial charge in [0.2, 0.25) is 0 Å². The Kier molecular flexibility index (Phi) is 1.50. The van der Waals surface area contributed by atoms with Gasteiger partial charge in [-0.15, -0.1) is 0 Å². The highest BCUT2D eigenvalue weighted by Gasteiger charge is 2.02. The summed E-state index contributed by atoms with van der Waals surface area (Å²) in [6, 6.07) is 6.02. The molecule has 0 atom stereocenters. The van der Waals surface area contributed by atoms with E-state index in [-0.39, 0.29) is 0 Å². The molecular weight excluding hydrogens is 152 g/mol. The molecule has 0 bridgehead atoms. The Hall–Kier alpha value is -1.51. The van der Waals surface area contributed by atoms with Crippen molar-refractivity contribution in [2.75, 3.05) is 7.11 Å². The second-order valence-corrected chi connectivity index (χ2v) is 2.70. The van der Waals surface area contributed by atoms with Crippen LogP contribution in [0.2, 0.25) is 0 Å². The lowest BCUT2D eigenvalue weighted by molar-refractivity contribution is 0.177. The molecule has 0 aliphatic carbocycles. The van der Waals surface area contributed by atoms with E-state index in [1.165, 1.54) is 5.56 Å². The molecule has 1 aromatic heterocycles. The number of para-hydroxylation sites is 1. The van der Waals surface area contributed by atoms with Gasteiger partial charge in [0.25, 0.3) is 0 Å². The van der Waals surface area contributed by atoms with Gasteiger partial charge in [-0.05, 0) is 18.6 Å². The van der Waals surface area contributed by atoms with Crippen LogP contribution in [0, 0.1) is 6.92 Å². The standard InChI is InChI=1S/C9H10N2O/c1-7-4-3-5-8-9(7)10-6-11(8)12-2/h3-6H,1-2H3. The minimum atomic E-state index is 0.999. The number of aromatic nitrogens is 2. The summed E-state index contributed by atoms with van der Waals surface area (Å²) in [6.45, 7) is 2.04. The highest BCUT2D eigenvalue weighted by Crippen LogP contribution is 2.14. The number of nitrogens with zero attached hydrogens (tertiary/aromatic N) is 2. The van der Waals surface area contributed by atoms with Gasteiger partial charge in [-0.3, -0.25) is 0 Å². The van der Waals surface area contributed by atoms with Crippen molar-refractivity contribution in [1.29, 1.82) is 0 Å². The summed E-state index contributed by atoms with van der Waals surface area (Å²) in [5, 5.41) is 0. The van der Waals surface area contributed by atoms with E-state index in [2.05, 4.69) is 4.98 Å². The topological polar surface area (TPSA) is 27.1 Å². The molecule has 0 amide bonds. The zero-order valence-corrected chi connectivity index (χ0v) is 7.11. The average molecular weight is 162 g/mol. The first-order valence-corrected chi connectivity index (χ1v) is 3.80. The van der Waals surface area contributed by atoms with E-state index in [0.717, 1.165) is 11.0 Å². The predicted molar refractivity (Wildman–Crippen MR) is 47.0 cm³/mol. The van der Waals surface area contributed by atoms with Crippen LogP contribution in [0.4, 0.5) is 0 Å². The van der Waals surface area contributed by atoms with Crippen LogP contribution in [0.1, 0.15) is 5.56 Å². The van der Waals surface area contributed by atoms with Gasteiger partial charge in [0, 0.05) is 0 Å². The zero-order valence-electron chi connectivity index (χ0n) is 7.11. The third-order valence-corrected chi connectivity index (χ3v) is 1.94. The van der Waals surface area contributed by atoms with E-state index in [1.54, 1.807) is 18.2 Å². The molecule has 0 aliphatic rings. The first-order chi connectivity index (χ1) is 5.83. The molecule has 1 heterocycles. The lowest BCUT2D eigenvalue weighted by Crippen LogP contribution is -2.02. The highest BCUT2D eigenvalue weighted by molar-refractivity contribution is 5.78. The number of hydrogen-bond acceptors (Lipinski definition) is 2. The number of imidazole rings is 1. The molecule has 0 aliphatic heterocycles. The Morgan fingerprint density at radius 3 is 3.00 bits per heavy atom. The molecule has 2 rings (SSSR count). The molecule has 12 heavy (non-hydrogen) atoms. The monoisotopic (exact) mass is 162 g/mol. The fraction of sp³-hybridized carbons (Fsp3) is 0.222. The van der Waals surface area contributed by atoms with E-state index < -0.39 is 0 Å². The van der Waals surface area contributed by atoms with Crippen molar-refractivity contribution in [1.82, 2.24) is 9.71 Å². The molecule has 62 valence electrons. The Bertz CT molecular complexity index is 406. The fourth-order valence-corrected chi connectivity index (χ4v) is 1.31. The summed E-state index contributed by atoms with van der Waals surface area (Å²) in [4.78, 5) is 9.30. The van der Waals surface area contributed by atoms with Crippen molar-refractivity contribution < 1.29 is 4.84 Å². The largest absolute Gasteiger partial charge is 0.416 e. The average Bonchev–Trinajstić information content (AvgIpc) is 2.49. The molecule has 3 heteroatoms. The van der Waals surface area contributed by atoms with Crippen molar-refractivity contribution >= 4 is 11.0 Å². The first kappa shape index (κ1) is 7.16. The quantitative estimate of drug-likeness (QED) is 0.633. The zero-order chi connectivity index (χ0) is 8.55. The van der Waals surface area contributed by atoms with Crippen molar-refractivity contribution in [2.24, 2.45) is 0 Å². The Labute approximate surface area is 70.5 Å². The smallest absolute Gasteiger partial charge is 0.133 e. The molecule has 3 nitrogen and oxygen atoms in total. The van der Waals surface area contributed by atoms with E-state index >= 15 is 0 Å². The maximum absolute atomic E-state index is 5.08. The van der Waals surface area contributed by atoms with Crippen LogP contribution < -0.4 is 4.84 Å².